The first-order chi connectivity index (χ1) is 25.0. The van der Waals surface area contributed by atoms with Crippen molar-refractivity contribution in [1.29, 1.82) is 5.26 Å². The lowest BCUT2D eigenvalue weighted by Gasteiger charge is -2.29. The molecule has 0 atom stereocenters. The van der Waals surface area contributed by atoms with Gasteiger partial charge in [-0.05, 0) is 74.7 Å². The quantitative estimate of drug-likeness (QED) is 0.105. The smallest absolute Gasteiger partial charge is 0.230 e. The number of hydrogen-bond acceptors (Lipinski definition) is 11. The minimum atomic E-state index is -0.509. The fourth-order valence-corrected chi connectivity index (χ4v) is 7.23. The maximum absolute atomic E-state index is 9.57. The lowest BCUT2D eigenvalue weighted by molar-refractivity contribution is -0.0969. The molecule has 12 nitrogen and oxygen atoms in total. The monoisotopic (exact) mass is 710 g/mol. The third-order valence-electron chi connectivity index (χ3n) is 9.61. The predicted molar refractivity (Wildman–Crippen MR) is 199 cm³/mol. The number of hydrogen-bond donors (Lipinski definition) is 2. The molecule has 2 aliphatic carbocycles. The van der Waals surface area contributed by atoms with Gasteiger partial charge in [0.15, 0.2) is 0 Å². The molecule has 0 spiro atoms. The van der Waals surface area contributed by atoms with Crippen LogP contribution in [0.3, 0.4) is 0 Å². The van der Waals surface area contributed by atoms with Crippen molar-refractivity contribution in [3.8, 4) is 17.9 Å². The summed E-state index contributed by atoms with van der Waals surface area (Å²) >= 11 is 5.94. The molecule has 0 amide bonds. The van der Waals surface area contributed by atoms with Crippen LogP contribution in [-0.4, -0.2) is 75.2 Å². The van der Waals surface area contributed by atoms with Gasteiger partial charge < -0.3 is 29.6 Å². The fraction of sp³-hybridized carbons (Fsp3) is 0.526. The zero-order valence-corrected chi connectivity index (χ0v) is 30.3. The molecule has 0 unspecified atom stereocenters. The molecule has 0 aromatic carbocycles. The molecule has 3 fully saturated rings. The van der Waals surface area contributed by atoms with Crippen molar-refractivity contribution in [1.82, 2.24) is 34.8 Å². The summed E-state index contributed by atoms with van der Waals surface area (Å²) in [7, 11) is 0. The Morgan fingerprint density at radius 2 is 1.71 bits per heavy atom. The first-order valence-electron chi connectivity index (χ1n) is 18.3. The van der Waals surface area contributed by atoms with Crippen LogP contribution in [0, 0.1) is 29.1 Å². The lowest BCUT2D eigenvalue weighted by Crippen LogP contribution is -2.43. The number of nitrogens with one attached hydrogen (secondary N) is 2. The second-order valence-electron chi connectivity index (χ2n) is 13.1. The molecular weight excluding hydrogens is 664 g/mol. The summed E-state index contributed by atoms with van der Waals surface area (Å²) in [5.74, 6) is 8.00. The second-order valence-corrected chi connectivity index (χ2v) is 13.4. The minimum absolute atomic E-state index is 0.282. The van der Waals surface area contributed by atoms with Crippen molar-refractivity contribution >= 4 is 40.1 Å². The van der Waals surface area contributed by atoms with Gasteiger partial charge in [-0.3, -0.25) is 0 Å². The van der Waals surface area contributed by atoms with E-state index in [1.165, 1.54) is 38.5 Å². The first-order valence-corrected chi connectivity index (χ1v) is 18.6. The van der Waals surface area contributed by atoms with Crippen LogP contribution < -0.4 is 15.5 Å². The highest BCUT2D eigenvalue weighted by molar-refractivity contribution is 6.28. The highest BCUT2D eigenvalue weighted by Crippen LogP contribution is 2.34. The molecule has 0 radical (unpaired) electrons. The number of ether oxygens (including phenoxy) is 2. The summed E-state index contributed by atoms with van der Waals surface area (Å²) in [6.45, 7) is 8.95. The van der Waals surface area contributed by atoms with Gasteiger partial charge in [0.1, 0.15) is 23.2 Å². The standard InChI is InChI=1S/C21H24N8.C17H23ClN2O2/c22-12-18-11-15-13-25-21(27-20(15)29(18)16-3-1-2-4-16)26-19-6-5-17(14-24-19)28-9-7-23-8-10-28;1-3-21-16(22-4-2)10-9-14-12-19-17(18)20-15(14)11-13-7-5-6-8-13/h5-6,11,13-14,16,23H,1-4,7-10H2,(H,24,25,26,27);12-13,16H,3-8,11H2,1-2H3. The maximum atomic E-state index is 9.57. The molecule has 2 N–H and O–H groups in total. The van der Waals surface area contributed by atoms with E-state index in [0.29, 0.717) is 42.6 Å². The molecule has 5 heterocycles. The van der Waals surface area contributed by atoms with E-state index >= 15 is 0 Å². The van der Waals surface area contributed by atoms with Gasteiger partial charge in [0.05, 0.1) is 23.1 Å². The molecule has 3 aliphatic rings. The maximum Gasteiger partial charge on any atom is 0.230 e. The Morgan fingerprint density at radius 1 is 0.961 bits per heavy atom. The van der Waals surface area contributed by atoms with Crippen molar-refractivity contribution in [3.05, 3.63) is 59.0 Å². The number of nitriles is 1. The van der Waals surface area contributed by atoms with E-state index in [1.54, 1.807) is 12.4 Å². The van der Waals surface area contributed by atoms with Crippen LogP contribution in [0.25, 0.3) is 11.0 Å². The molecule has 1 saturated heterocycles. The van der Waals surface area contributed by atoms with Gasteiger partial charge in [0, 0.05) is 63.2 Å². The predicted octanol–water partition coefficient (Wildman–Crippen LogP) is 6.58. The number of pyridine rings is 1. The molecule has 4 aromatic rings. The van der Waals surface area contributed by atoms with E-state index < -0.39 is 6.29 Å². The van der Waals surface area contributed by atoms with Gasteiger partial charge in [-0.25, -0.2) is 19.9 Å². The van der Waals surface area contributed by atoms with Gasteiger partial charge >= 0.3 is 0 Å². The number of anilines is 3. The number of piperazine rings is 1. The summed E-state index contributed by atoms with van der Waals surface area (Å²) < 4.78 is 13.0. The Hall–Kier alpha value is -4.33. The minimum Gasteiger partial charge on any atom is -0.368 e. The van der Waals surface area contributed by atoms with E-state index in [1.807, 2.05) is 32.2 Å². The first kappa shape index (κ1) is 36.5. The molecule has 4 aromatic heterocycles. The van der Waals surface area contributed by atoms with Crippen LogP contribution in [0.1, 0.15) is 88.2 Å². The van der Waals surface area contributed by atoms with Gasteiger partial charge in [-0.2, -0.15) is 10.2 Å². The summed E-state index contributed by atoms with van der Waals surface area (Å²) in [6, 6.07) is 8.59. The van der Waals surface area contributed by atoms with Crippen LogP contribution >= 0.6 is 11.6 Å². The van der Waals surface area contributed by atoms with E-state index in [9.17, 15) is 5.26 Å². The zero-order chi connectivity index (χ0) is 35.4. The van der Waals surface area contributed by atoms with Gasteiger partial charge in [-0.1, -0.05) is 44.4 Å². The topological polar surface area (TPSA) is 139 Å². The van der Waals surface area contributed by atoms with E-state index in [4.69, 9.17) is 26.1 Å². The number of fused-ring (bicyclic) bond motifs is 1. The van der Waals surface area contributed by atoms with Crippen molar-refractivity contribution in [2.75, 3.05) is 49.6 Å². The molecule has 13 heteroatoms. The third-order valence-corrected chi connectivity index (χ3v) is 9.79. The Bertz CT molecular complexity index is 1820. The molecule has 7 rings (SSSR count). The van der Waals surface area contributed by atoms with E-state index in [2.05, 4.69) is 64.0 Å². The number of aromatic nitrogens is 6. The van der Waals surface area contributed by atoms with Crippen molar-refractivity contribution < 1.29 is 9.47 Å². The Kier molecular flexibility index (Phi) is 13.0. The number of rotatable bonds is 10. The molecule has 268 valence electrons. The Morgan fingerprint density at radius 3 is 2.39 bits per heavy atom. The van der Waals surface area contributed by atoms with Gasteiger partial charge in [-0.15, -0.1) is 0 Å². The lowest BCUT2D eigenvalue weighted by atomic mass is 9.99. The largest absolute Gasteiger partial charge is 0.368 e. The second kappa shape index (κ2) is 18.2. The van der Waals surface area contributed by atoms with Crippen molar-refractivity contribution in [2.24, 2.45) is 5.92 Å². The molecule has 51 heavy (non-hydrogen) atoms. The molecule has 2 saturated carbocycles. The Balaban J connectivity index is 0.000000183. The normalized spacial score (nSPS) is 16.5. The van der Waals surface area contributed by atoms with Crippen LogP contribution in [-0.2, 0) is 15.9 Å². The molecular formula is C38H47ClN10O2. The van der Waals surface area contributed by atoms with Crippen LogP contribution in [0.5, 0.6) is 0 Å². The van der Waals surface area contributed by atoms with Crippen LogP contribution in [0.2, 0.25) is 5.28 Å². The Labute approximate surface area is 305 Å². The van der Waals surface area contributed by atoms with Gasteiger partial charge in [0.2, 0.25) is 17.5 Å². The summed E-state index contributed by atoms with van der Waals surface area (Å²) in [4.78, 5) is 24.4. The molecule has 0 bridgehead atoms. The third kappa shape index (κ3) is 9.72. The molecule has 1 aliphatic heterocycles. The summed E-state index contributed by atoms with van der Waals surface area (Å²) in [5.41, 5.74) is 4.37. The van der Waals surface area contributed by atoms with E-state index in [0.717, 1.165) is 73.4 Å². The van der Waals surface area contributed by atoms with E-state index in [-0.39, 0.29) is 5.28 Å². The average molecular weight is 711 g/mol. The summed E-state index contributed by atoms with van der Waals surface area (Å²) in [6.07, 6.45) is 15.5. The average Bonchev–Trinajstić information content (AvgIpc) is 3.94. The number of halogens is 1. The fourth-order valence-electron chi connectivity index (χ4n) is 7.08. The highest BCUT2D eigenvalue weighted by Gasteiger charge is 2.23. The van der Waals surface area contributed by atoms with Crippen LogP contribution in [0.15, 0.2) is 36.8 Å². The zero-order valence-electron chi connectivity index (χ0n) is 29.6. The highest BCUT2D eigenvalue weighted by atomic mass is 35.5. The van der Waals surface area contributed by atoms with Crippen molar-refractivity contribution in [2.45, 2.75) is 84.0 Å². The van der Waals surface area contributed by atoms with Gasteiger partial charge in [0.25, 0.3) is 0 Å². The SMILES string of the molecule is CCOC(C#Cc1cnc(Cl)nc1CC1CCCC1)OCC.N#Cc1cc2cnc(Nc3ccc(N4CCNCC4)cn3)nc2n1C1CCCC1. The van der Waals surface area contributed by atoms with Crippen molar-refractivity contribution in [3.63, 3.8) is 0 Å². The summed E-state index contributed by atoms with van der Waals surface area (Å²) in [5, 5.41) is 17.3. The number of nitrogens with zero attached hydrogens (tertiary/aromatic N) is 8. The van der Waals surface area contributed by atoms with Crippen LogP contribution in [0.4, 0.5) is 17.5 Å².